The zero-order valence-corrected chi connectivity index (χ0v) is 18.9. The van der Waals surface area contributed by atoms with Crippen LogP contribution in [-0.4, -0.2) is 60.4 Å². The molecule has 1 heterocycles. The highest BCUT2D eigenvalue weighted by Crippen LogP contribution is 2.36. The lowest BCUT2D eigenvalue weighted by Gasteiger charge is -2.37. The van der Waals surface area contributed by atoms with Gasteiger partial charge in [-0.05, 0) is 30.7 Å². The Labute approximate surface area is 195 Å². The van der Waals surface area contributed by atoms with E-state index in [9.17, 15) is 22.8 Å². The molecule has 2 aromatic rings. The number of rotatable bonds is 7. The van der Waals surface area contributed by atoms with Crippen LogP contribution in [0.15, 0.2) is 48.5 Å². The van der Waals surface area contributed by atoms with Crippen molar-refractivity contribution >= 4 is 29.1 Å². The Balaban J connectivity index is 1.44. The highest BCUT2D eigenvalue weighted by atomic mass is 35.5. The van der Waals surface area contributed by atoms with E-state index in [1.165, 1.54) is 6.07 Å². The topological polar surface area (TPSA) is 64.7 Å². The minimum atomic E-state index is -4.60. The fourth-order valence-electron chi connectivity index (χ4n) is 3.63. The predicted octanol–water partition coefficient (Wildman–Crippen LogP) is 3.62. The van der Waals surface area contributed by atoms with Crippen molar-refractivity contribution < 1.29 is 22.8 Å². The molecule has 1 atom stereocenters. The van der Waals surface area contributed by atoms with E-state index >= 15 is 0 Å². The predicted molar refractivity (Wildman–Crippen MR) is 121 cm³/mol. The van der Waals surface area contributed by atoms with Gasteiger partial charge in [-0.15, -0.1) is 0 Å². The fraction of sp³-hybridized carbons (Fsp3) is 0.391. The Kier molecular flexibility index (Phi) is 8.34. The smallest absolute Gasteiger partial charge is 0.351 e. The summed E-state index contributed by atoms with van der Waals surface area (Å²) in [6.45, 7) is 4.70. The largest absolute Gasteiger partial charge is 0.417 e. The van der Waals surface area contributed by atoms with Gasteiger partial charge < -0.3 is 10.6 Å². The lowest BCUT2D eigenvalue weighted by Crippen LogP contribution is -2.54. The number of hydrogen-bond acceptors (Lipinski definition) is 4. The summed E-state index contributed by atoms with van der Waals surface area (Å²) >= 11 is 5.61. The number of benzene rings is 2. The molecule has 1 unspecified atom stereocenters. The number of amides is 2. The first-order valence-corrected chi connectivity index (χ1v) is 11.0. The molecule has 6 nitrogen and oxygen atoms in total. The average Bonchev–Trinajstić information content (AvgIpc) is 2.78. The monoisotopic (exact) mass is 482 g/mol. The second-order valence-electron chi connectivity index (χ2n) is 7.93. The molecule has 2 amide bonds. The van der Waals surface area contributed by atoms with Crippen LogP contribution in [-0.2, 0) is 22.3 Å². The van der Waals surface area contributed by atoms with Gasteiger partial charge in [0.1, 0.15) is 0 Å². The molecule has 0 aromatic heterocycles. The second-order valence-corrected chi connectivity index (χ2v) is 8.34. The van der Waals surface area contributed by atoms with Gasteiger partial charge >= 0.3 is 6.18 Å². The maximum Gasteiger partial charge on any atom is 0.417 e. The number of carbonyl (C=O) groups is 2. The standard InChI is InChI=1S/C23H26ClF3N4O2/c1-16(22(33)28-14-17-5-3-2-4-6-17)31-11-9-30(10-12-31)15-21(32)29-18-7-8-20(24)19(13-18)23(25,26)27/h2-8,13,16H,9-12,14-15H2,1H3,(H,28,33)(H,29,32). The first-order chi connectivity index (χ1) is 15.6. The maximum absolute atomic E-state index is 13.0. The number of carbonyl (C=O) groups excluding carboxylic acids is 2. The van der Waals surface area contributed by atoms with Gasteiger partial charge in [-0.3, -0.25) is 19.4 Å². The average molecular weight is 483 g/mol. The van der Waals surface area contributed by atoms with E-state index in [2.05, 4.69) is 10.6 Å². The molecule has 1 fully saturated rings. The molecule has 0 saturated carbocycles. The summed E-state index contributed by atoms with van der Waals surface area (Å²) in [6, 6.07) is 12.6. The molecule has 2 N–H and O–H groups in total. The number of nitrogens with zero attached hydrogens (tertiary/aromatic N) is 2. The van der Waals surface area contributed by atoms with Gasteiger partial charge in [0.2, 0.25) is 11.8 Å². The zero-order chi connectivity index (χ0) is 24.0. The van der Waals surface area contributed by atoms with Crippen LogP contribution >= 0.6 is 11.6 Å². The first kappa shape index (κ1) is 25.0. The van der Waals surface area contributed by atoms with Gasteiger partial charge in [0.15, 0.2) is 0 Å². The Morgan fingerprint density at radius 3 is 2.36 bits per heavy atom. The molecule has 1 aliphatic heterocycles. The SMILES string of the molecule is CC(C(=O)NCc1ccccc1)N1CCN(CC(=O)Nc2ccc(Cl)c(C(F)(F)F)c2)CC1. The number of halogens is 4. The van der Waals surface area contributed by atoms with Crippen LogP contribution in [0, 0.1) is 0 Å². The van der Waals surface area contributed by atoms with Crippen LogP contribution in [0.1, 0.15) is 18.1 Å². The molecule has 2 aromatic carbocycles. The quantitative estimate of drug-likeness (QED) is 0.632. The Hall–Kier alpha value is -2.62. The molecule has 0 radical (unpaired) electrons. The molecule has 1 saturated heterocycles. The van der Waals surface area contributed by atoms with Crippen LogP contribution in [0.25, 0.3) is 0 Å². The van der Waals surface area contributed by atoms with E-state index in [1.54, 1.807) is 0 Å². The lowest BCUT2D eigenvalue weighted by molar-refractivity contribution is -0.137. The molecule has 0 spiro atoms. The lowest BCUT2D eigenvalue weighted by atomic mass is 10.2. The van der Waals surface area contributed by atoms with E-state index in [-0.39, 0.29) is 24.2 Å². The van der Waals surface area contributed by atoms with Crippen molar-refractivity contribution in [3.8, 4) is 0 Å². The second kappa shape index (κ2) is 11.0. The van der Waals surface area contributed by atoms with Crippen LogP contribution in [0.3, 0.4) is 0 Å². The van der Waals surface area contributed by atoms with Crippen molar-refractivity contribution in [1.29, 1.82) is 0 Å². The highest BCUT2D eigenvalue weighted by Gasteiger charge is 2.33. The summed E-state index contributed by atoms with van der Waals surface area (Å²) in [7, 11) is 0. The van der Waals surface area contributed by atoms with Crippen molar-refractivity contribution in [2.24, 2.45) is 0 Å². The normalized spacial score (nSPS) is 16.3. The molecule has 178 valence electrons. The van der Waals surface area contributed by atoms with Crippen molar-refractivity contribution in [1.82, 2.24) is 15.1 Å². The van der Waals surface area contributed by atoms with E-state index in [0.29, 0.717) is 32.7 Å². The zero-order valence-electron chi connectivity index (χ0n) is 18.2. The third-order valence-corrected chi connectivity index (χ3v) is 5.90. The van der Waals surface area contributed by atoms with Crippen LogP contribution in [0.2, 0.25) is 5.02 Å². The summed E-state index contributed by atoms with van der Waals surface area (Å²) in [6.07, 6.45) is -4.60. The summed E-state index contributed by atoms with van der Waals surface area (Å²) in [4.78, 5) is 28.8. The van der Waals surface area contributed by atoms with Crippen LogP contribution < -0.4 is 10.6 Å². The number of nitrogens with one attached hydrogen (secondary N) is 2. The van der Waals surface area contributed by atoms with E-state index in [4.69, 9.17) is 11.6 Å². The summed E-state index contributed by atoms with van der Waals surface area (Å²) in [5.41, 5.74) is 0.0751. The molecular weight excluding hydrogens is 457 g/mol. The molecule has 33 heavy (non-hydrogen) atoms. The highest BCUT2D eigenvalue weighted by molar-refractivity contribution is 6.31. The van der Waals surface area contributed by atoms with Crippen molar-refractivity contribution in [3.63, 3.8) is 0 Å². The molecule has 3 rings (SSSR count). The Bertz CT molecular complexity index is 964. The van der Waals surface area contributed by atoms with Crippen molar-refractivity contribution in [2.75, 3.05) is 38.0 Å². The minimum absolute atomic E-state index is 0.0408. The van der Waals surface area contributed by atoms with E-state index < -0.39 is 22.7 Å². The van der Waals surface area contributed by atoms with Gasteiger partial charge in [-0.25, -0.2) is 0 Å². The van der Waals surface area contributed by atoms with Gasteiger partial charge in [-0.2, -0.15) is 13.2 Å². The number of hydrogen-bond donors (Lipinski definition) is 2. The van der Waals surface area contributed by atoms with E-state index in [0.717, 1.165) is 17.7 Å². The maximum atomic E-state index is 13.0. The van der Waals surface area contributed by atoms with Crippen LogP contribution in [0.5, 0.6) is 0 Å². The van der Waals surface area contributed by atoms with E-state index in [1.807, 2.05) is 47.1 Å². The molecule has 0 bridgehead atoms. The summed E-state index contributed by atoms with van der Waals surface area (Å²) in [5.74, 6) is -0.471. The van der Waals surface area contributed by atoms with Gasteiger partial charge in [0.05, 0.1) is 23.2 Å². The van der Waals surface area contributed by atoms with Gasteiger partial charge in [0, 0.05) is 38.4 Å². The first-order valence-electron chi connectivity index (χ1n) is 10.6. The Morgan fingerprint density at radius 2 is 1.73 bits per heavy atom. The number of alkyl halides is 3. The Morgan fingerprint density at radius 1 is 1.06 bits per heavy atom. The third-order valence-electron chi connectivity index (χ3n) is 5.57. The molecule has 1 aliphatic rings. The van der Waals surface area contributed by atoms with Crippen LogP contribution in [0.4, 0.5) is 18.9 Å². The number of anilines is 1. The molecular formula is C23H26ClF3N4O2. The molecule has 0 aliphatic carbocycles. The van der Waals surface area contributed by atoms with Crippen molar-refractivity contribution in [3.05, 3.63) is 64.7 Å². The van der Waals surface area contributed by atoms with Gasteiger partial charge in [-0.1, -0.05) is 41.9 Å². The number of piperazine rings is 1. The molecule has 10 heteroatoms. The van der Waals surface area contributed by atoms with Crippen molar-refractivity contribution in [2.45, 2.75) is 25.7 Å². The third kappa shape index (κ3) is 7.18. The summed E-state index contributed by atoms with van der Waals surface area (Å²) < 4.78 is 39.0. The fourth-order valence-corrected chi connectivity index (χ4v) is 3.86. The minimum Gasteiger partial charge on any atom is -0.351 e. The summed E-state index contributed by atoms with van der Waals surface area (Å²) in [5, 5.41) is 5.02. The van der Waals surface area contributed by atoms with Gasteiger partial charge in [0.25, 0.3) is 0 Å².